The Kier molecular flexibility index (Phi) is 5.81. The van der Waals surface area contributed by atoms with Crippen LogP contribution in [0.15, 0.2) is 59.8 Å². The third-order valence-electron chi connectivity index (χ3n) is 4.48. The lowest BCUT2D eigenvalue weighted by molar-refractivity contribution is -0.140. The molecule has 1 saturated carbocycles. The molecular weight excluding hydrogens is 436 g/mol. The molecular formula is C20H16Cl2FN3O2S. The molecule has 4 rings (SSSR count). The zero-order chi connectivity index (χ0) is 20.4. The Morgan fingerprint density at radius 2 is 1.86 bits per heavy atom. The summed E-state index contributed by atoms with van der Waals surface area (Å²) in [5.74, 6) is -0.436. The fourth-order valence-electron chi connectivity index (χ4n) is 2.80. The van der Waals surface area contributed by atoms with Crippen molar-refractivity contribution < 1.29 is 13.9 Å². The van der Waals surface area contributed by atoms with Crippen LogP contribution in [0.25, 0.3) is 17.1 Å². The number of halogens is 3. The van der Waals surface area contributed by atoms with Crippen LogP contribution in [-0.4, -0.2) is 37.4 Å². The fraction of sp³-hybridized carbons (Fsp3) is 0.250. The molecule has 0 unspecified atom stereocenters. The minimum Gasteiger partial charge on any atom is -0.465 e. The number of alkyl halides is 2. The summed E-state index contributed by atoms with van der Waals surface area (Å²) in [4.78, 5) is 12.1. The smallest absolute Gasteiger partial charge is 0.316 e. The van der Waals surface area contributed by atoms with Crippen LogP contribution in [0, 0.1) is 11.7 Å². The first-order valence-corrected chi connectivity index (χ1v) is 10.6. The van der Waals surface area contributed by atoms with Gasteiger partial charge >= 0.3 is 5.97 Å². The van der Waals surface area contributed by atoms with Crippen LogP contribution in [0.2, 0.25) is 0 Å². The van der Waals surface area contributed by atoms with E-state index < -0.39 is 16.1 Å². The van der Waals surface area contributed by atoms with E-state index >= 15 is 0 Å². The number of carbonyl (C=O) groups is 1. The van der Waals surface area contributed by atoms with E-state index in [1.165, 1.54) is 17.8 Å². The van der Waals surface area contributed by atoms with Crippen LogP contribution in [0.1, 0.15) is 6.42 Å². The largest absolute Gasteiger partial charge is 0.465 e. The molecule has 0 spiro atoms. The Morgan fingerprint density at radius 3 is 2.55 bits per heavy atom. The minimum absolute atomic E-state index is 0.0274. The van der Waals surface area contributed by atoms with E-state index in [0.29, 0.717) is 23.0 Å². The number of ether oxygens (including phenoxy) is 1. The van der Waals surface area contributed by atoms with Crippen molar-refractivity contribution in [2.45, 2.75) is 15.9 Å². The van der Waals surface area contributed by atoms with Gasteiger partial charge in [-0.2, -0.15) is 0 Å². The van der Waals surface area contributed by atoms with E-state index in [9.17, 15) is 9.18 Å². The summed E-state index contributed by atoms with van der Waals surface area (Å²) in [5, 5.41) is 8.80. The molecule has 0 N–H and O–H groups in total. The predicted molar refractivity (Wildman–Crippen MR) is 111 cm³/mol. The Morgan fingerprint density at radius 1 is 1.17 bits per heavy atom. The van der Waals surface area contributed by atoms with Crippen molar-refractivity contribution in [2.75, 3.05) is 12.4 Å². The molecule has 1 fully saturated rings. The Labute approximate surface area is 181 Å². The molecule has 9 heteroatoms. The van der Waals surface area contributed by atoms with Crippen LogP contribution >= 0.6 is 35.0 Å². The lowest BCUT2D eigenvalue weighted by Gasteiger charge is -2.10. The highest BCUT2D eigenvalue weighted by molar-refractivity contribution is 7.99. The first kappa shape index (κ1) is 20.2. The first-order chi connectivity index (χ1) is 14.0. The van der Waals surface area contributed by atoms with E-state index in [0.717, 1.165) is 5.69 Å². The van der Waals surface area contributed by atoms with E-state index in [4.69, 9.17) is 27.9 Å². The van der Waals surface area contributed by atoms with Crippen LogP contribution in [0.5, 0.6) is 0 Å². The highest BCUT2D eigenvalue weighted by Gasteiger charge is 2.52. The van der Waals surface area contributed by atoms with Gasteiger partial charge in [0.05, 0.1) is 17.9 Å². The van der Waals surface area contributed by atoms with Gasteiger partial charge in [-0.15, -0.1) is 33.4 Å². The van der Waals surface area contributed by atoms with Crippen molar-refractivity contribution >= 4 is 40.9 Å². The molecule has 1 heterocycles. The second kappa shape index (κ2) is 8.34. The normalized spacial score (nSPS) is 17.1. The van der Waals surface area contributed by atoms with Gasteiger partial charge in [0, 0.05) is 11.6 Å². The molecule has 2 aromatic carbocycles. The number of esters is 1. The molecule has 0 amide bonds. The van der Waals surface area contributed by atoms with Crippen molar-refractivity contribution in [2.24, 2.45) is 5.92 Å². The van der Waals surface area contributed by atoms with Crippen molar-refractivity contribution in [1.82, 2.24) is 14.8 Å². The van der Waals surface area contributed by atoms with E-state index in [-0.39, 0.29) is 18.3 Å². The average Bonchev–Trinajstić information content (AvgIpc) is 3.13. The summed E-state index contributed by atoms with van der Waals surface area (Å²) in [5.41, 5.74) is 1.09. The number of hydrogen-bond acceptors (Lipinski definition) is 5. The Hall–Kier alpha value is -2.09. The van der Waals surface area contributed by atoms with Gasteiger partial charge < -0.3 is 4.74 Å². The highest BCUT2D eigenvalue weighted by Crippen LogP contribution is 2.53. The van der Waals surface area contributed by atoms with Gasteiger partial charge in [0.15, 0.2) is 11.0 Å². The standard InChI is InChI=1S/C20H16Cl2FN3O2S/c21-20(22)10-13(20)11-28-17(27)12-29-19-25-24-18(15-8-4-5-9-16(15)23)26(19)14-6-2-1-3-7-14/h1-9,13H,10-12H2/t13-/m0/s1. The van der Waals surface area contributed by atoms with Crippen molar-refractivity contribution in [3.05, 3.63) is 60.4 Å². The Balaban J connectivity index is 1.54. The predicted octanol–water partition coefficient (Wildman–Crippen LogP) is 4.90. The van der Waals surface area contributed by atoms with Gasteiger partial charge in [0.1, 0.15) is 10.2 Å². The topological polar surface area (TPSA) is 57.0 Å². The number of para-hydroxylation sites is 1. The molecule has 1 aliphatic rings. The third kappa shape index (κ3) is 4.57. The molecule has 5 nitrogen and oxygen atoms in total. The molecule has 3 aromatic rings. The average molecular weight is 452 g/mol. The Bertz CT molecular complexity index is 1030. The zero-order valence-electron chi connectivity index (χ0n) is 15.1. The first-order valence-electron chi connectivity index (χ1n) is 8.88. The minimum atomic E-state index is -0.782. The van der Waals surface area contributed by atoms with Crippen molar-refractivity contribution in [3.8, 4) is 17.1 Å². The maximum Gasteiger partial charge on any atom is 0.316 e. The quantitative estimate of drug-likeness (QED) is 0.290. The summed E-state index contributed by atoms with van der Waals surface area (Å²) in [6, 6.07) is 15.7. The molecule has 0 saturated heterocycles. The van der Waals surface area contributed by atoms with Gasteiger partial charge in [-0.1, -0.05) is 42.1 Å². The maximum atomic E-state index is 14.4. The van der Waals surface area contributed by atoms with E-state index in [2.05, 4.69) is 10.2 Å². The molecule has 0 radical (unpaired) electrons. The molecule has 29 heavy (non-hydrogen) atoms. The lowest BCUT2D eigenvalue weighted by atomic mass is 10.2. The number of aromatic nitrogens is 3. The number of carbonyl (C=O) groups excluding carboxylic acids is 1. The van der Waals surface area contributed by atoms with E-state index in [1.807, 2.05) is 30.3 Å². The molecule has 1 aliphatic carbocycles. The number of benzene rings is 2. The number of hydrogen-bond donors (Lipinski definition) is 0. The van der Waals surface area contributed by atoms with Crippen LogP contribution in [0.3, 0.4) is 0 Å². The molecule has 0 aliphatic heterocycles. The summed E-state index contributed by atoms with van der Waals surface area (Å²) >= 11 is 13.1. The second-order valence-corrected chi connectivity index (χ2v) is 9.08. The number of nitrogens with zero attached hydrogens (tertiary/aromatic N) is 3. The van der Waals surface area contributed by atoms with Crippen LogP contribution < -0.4 is 0 Å². The van der Waals surface area contributed by atoms with Gasteiger partial charge in [-0.3, -0.25) is 9.36 Å². The summed E-state index contributed by atoms with van der Waals surface area (Å²) in [6.45, 7) is 0.193. The number of thioether (sulfide) groups is 1. The van der Waals surface area contributed by atoms with Gasteiger partial charge in [0.25, 0.3) is 0 Å². The van der Waals surface area contributed by atoms with Gasteiger partial charge in [-0.05, 0) is 30.7 Å². The SMILES string of the molecule is O=C(CSc1nnc(-c2ccccc2F)n1-c1ccccc1)OC[C@@H]1CC1(Cl)Cl. The summed E-state index contributed by atoms with van der Waals surface area (Å²) < 4.78 is 20.5. The molecule has 150 valence electrons. The second-order valence-electron chi connectivity index (χ2n) is 6.59. The van der Waals surface area contributed by atoms with Gasteiger partial charge in [-0.25, -0.2) is 4.39 Å². The lowest BCUT2D eigenvalue weighted by Crippen LogP contribution is -2.12. The molecule has 1 atom stereocenters. The fourth-order valence-corrected chi connectivity index (χ4v) is 4.05. The van der Waals surface area contributed by atoms with Crippen molar-refractivity contribution in [3.63, 3.8) is 0 Å². The van der Waals surface area contributed by atoms with E-state index in [1.54, 1.807) is 22.8 Å². The van der Waals surface area contributed by atoms with Crippen LogP contribution in [0.4, 0.5) is 4.39 Å². The summed E-state index contributed by atoms with van der Waals surface area (Å²) in [7, 11) is 0. The maximum absolute atomic E-state index is 14.4. The third-order valence-corrected chi connectivity index (χ3v) is 6.31. The number of rotatable bonds is 7. The van der Waals surface area contributed by atoms with Crippen LogP contribution in [-0.2, 0) is 9.53 Å². The van der Waals surface area contributed by atoms with Gasteiger partial charge in [0.2, 0.25) is 0 Å². The summed E-state index contributed by atoms with van der Waals surface area (Å²) in [6.07, 6.45) is 0.616. The molecule has 0 bridgehead atoms. The van der Waals surface area contributed by atoms with Crippen molar-refractivity contribution in [1.29, 1.82) is 0 Å². The monoisotopic (exact) mass is 451 g/mol. The highest BCUT2D eigenvalue weighted by atomic mass is 35.5. The zero-order valence-corrected chi connectivity index (χ0v) is 17.4. The molecule has 1 aromatic heterocycles.